The number of ether oxygens (including phenoxy) is 1. The summed E-state index contributed by atoms with van der Waals surface area (Å²) in [4.78, 5) is 17.0. The molecule has 1 atom stereocenters. The van der Waals surface area contributed by atoms with Crippen LogP contribution in [0.3, 0.4) is 0 Å². The number of amides is 1. The highest BCUT2D eigenvalue weighted by atomic mass is 16.5. The Morgan fingerprint density at radius 2 is 1.76 bits per heavy atom. The Hall–Kier alpha value is -3.60. The lowest BCUT2D eigenvalue weighted by Gasteiger charge is -2.15. The Bertz CT molecular complexity index is 1130. The standard InChI is InChI=1S/C24H22N2O3/c1-15-8-13-20(14-16(15)2)28-17(3)23(27)25-19-11-9-18(10-12-19)24-26-21-6-4-5-7-22(21)29-24/h4-14,17H,1-3H3,(H,25,27). The van der Waals surface area contributed by atoms with Crippen LogP contribution < -0.4 is 10.1 Å². The molecule has 1 aromatic heterocycles. The second kappa shape index (κ2) is 7.80. The molecular weight excluding hydrogens is 364 g/mol. The molecule has 5 heteroatoms. The summed E-state index contributed by atoms with van der Waals surface area (Å²) in [5.41, 5.74) is 5.41. The fourth-order valence-electron chi connectivity index (χ4n) is 2.98. The molecule has 0 saturated carbocycles. The van der Waals surface area contributed by atoms with E-state index in [0.29, 0.717) is 17.3 Å². The second-order valence-corrected chi connectivity index (χ2v) is 7.06. The Morgan fingerprint density at radius 3 is 2.48 bits per heavy atom. The van der Waals surface area contributed by atoms with Crippen LogP contribution in [-0.4, -0.2) is 17.0 Å². The van der Waals surface area contributed by atoms with E-state index in [1.165, 1.54) is 5.56 Å². The molecule has 4 rings (SSSR count). The third-order valence-electron chi connectivity index (χ3n) is 4.85. The number of para-hydroxylation sites is 2. The highest BCUT2D eigenvalue weighted by Crippen LogP contribution is 2.25. The number of nitrogens with one attached hydrogen (secondary N) is 1. The fraction of sp³-hybridized carbons (Fsp3) is 0.167. The molecule has 0 aliphatic heterocycles. The van der Waals surface area contributed by atoms with Gasteiger partial charge in [0, 0.05) is 11.3 Å². The number of fused-ring (bicyclic) bond motifs is 1. The quantitative estimate of drug-likeness (QED) is 0.491. The predicted octanol–water partition coefficient (Wildman–Crippen LogP) is 5.52. The molecule has 3 aromatic carbocycles. The van der Waals surface area contributed by atoms with Gasteiger partial charge in [0.05, 0.1) is 0 Å². The van der Waals surface area contributed by atoms with Crippen LogP contribution in [0, 0.1) is 13.8 Å². The third kappa shape index (κ3) is 4.14. The maximum atomic E-state index is 12.5. The first-order valence-corrected chi connectivity index (χ1v) is 9.50. The van der Waals surface area contributed by atoms with Gasteiger partial charge in [0.25, 0.3) is 5.91 Å². The van der Waals surface area contributed by atoms with Crippen LogP contribution in [0.15, 0.2) is 71.1 Å². The normalized spacial score (nSPS) is 12.0. The van der Waals surface area contributed by atoms with Crippen LogP contribution in [0.2, 0.25) is 0 Å². The van der Waals surface area contributed by atoms with Crippen molar-refractivity contribution in [1.29, 1.82) is 0 Å². The molecule has 4 aromatic rings. The number of hydrogen-bond donors (Lipinski definition) is 1. The van der Waals surface area contributed by atoms with E-state index in [-0.39, 0.29) is 5.91 Å². The van der Waals surface area contributed by atoms with Crippen molar-refractivity contribution in [3.05, 3.63) is 77.9 Å². The average molecular weight is 386 g/mol. The van der Waals surface area contributed by atoms with Gasteiger partial charge in [-0.3, -0.25) is 4.79 Å². The van der Waals surface area contributed by atoms with Crippen LogP contribution in [0.4, 0.5) is 5.69 Å². The first kappa shape index (κ1) is 18.7. The Kier molecular flexibility index (Phi) is 5.04. The molecule has 29 heavy (non-hydrogen) atoms. The number of carbonyl (C=O) groups excluding carboxylic acids is 1. The summed E-state index contributed by atoms with van der Waals surface area (Å²) in [7, 11) is 0. The summed E-state index contributed by atoms with van der Waals surface area (Å²) < 4.78 is 11.6. The van der Waals surface area contributed by atoms with Crippen molar-refractivity contribution in [3.63, 3.8) is 0 Å². The largest absolute Gasteiger partial charge is 0.481 e. The lowest BCUT2D eigenvalue weighted by atomic mass is 10.1. The first-order valence-electron chi connectivity index (χ1n) is 9.50. The summed E-state index contributed by atoms with van der Waals surface area (Å²) in [5.74, 6) is 1.02. The number of aryl methyl sites for hydroxylation is 2. The van der Waals surface area contributed by atoms with Gasteiger partial charge in [-0.2, -0.15) is 0 Å². The third-order valence-corrected chi connectivity index (χ3v) is 4.85. The van der Waals surface area contributed by atoms with Gasteiger partial charge < -0.3 is 14.5 Å². The molecule has 1 heterocycles. The zero-order valence-electron chi connectivity index (χ0n) is 16.6. The number of rotatable bonds is 5. The highest BCUT2D eigenvalue weighted by molar-refractivity contribution is 5.94. The maximum Gasteiger partial charge on any atom is 0.265 e. The SMILES string of the molecule is Cc1ccc(OC(C)C(=O)Nc2ccc(-c3nc4ccccc4o3)cc2)cc1C. The Balaban J connectivity index is 1.42. The minimum absolute atomic E-state index is 0.210. The topological polar surface area (TPSA) is 64.4 Å². The summed E-state index contributed by atoms with van der Waals surface area (Å²) >= 11 is 0. The summed E-state index contributed by atoms with van der Waals surface area (Å²) in [6.45, 7) is 5.79. The van der Waals surface area contributed by atoms with Crippen molar-refractivity contribution in [2.24, 2.45) is 0 Å². The molecular formula is C24H22N2O3. The molecule has 0 fully saturated rings. The van der Waals surface area contributed by atoms with Crippen LogP contribution in [-0.2, 0) is 4.79 Å². The molecule has 0 aliphatic rings. The van der Waals surface area contributed by atoms with Crippen LogP contribution >= 0.6 is 0 Å². The lowest BCUT2D eigenvalue weighted by molar-refractivity contribution is -0.122. The van der Waals surface area contributed by atoms with Gasteiger partial charge in [0.2, 0.25) is 5.89 Å². The highest BCUT2D eigenvalue weighted by Gasteiger charge is 2.15. The van der Waals surface area contributed by atoms with E-state index in [2.05, 4.69) is 10.3 Å². The number of carbonyl (C=O) groups is 1. The summed E-state index contributed by atoms with van der Waals surface area (Å²) in [6, 6.07) is 20.8. The van der Waals surface area contributed by atoms with Gasteiger partial charge in [-0.25, -0.2) is 4.98 Å². The van der Waals surface area contributed by atoms with E-state index in [0.717, 1.165) is 22.2 Å². The van der Waals surface area contributed by atoms with Gasteiger partial charge in [-0.15, -0.1) is 0 Å². The van der Waals surface area contributed by atoms with E-state index < -0.39 is 6.10 Å². The van der Waals surface area contributed by atoms with Gasteiger partial charge >= 0.3 is 0 Å². The fourth-order valence-corrected chi connectivity index (χ4v) is 2.98. The zero-order chi connectivity index (χ0) is 20.4. The van der Waals surface area contributed by atoms with Crippen molar-refractivity contribution in [2.75, 3.05) is 5.32 Å². The van der Waals surface area contributed by atoms with E-state index in [9.17, 15) is 4.79 Å². The van der Waals surface area contributed by atoms with E-state index in [4.69, 9.17) is 9.15 Å². The zero-order valence-corrected chi connectivity index (χ0v) is 16.6. The molecule has 1 unspecified atom stereocenters. The summed E-state index contributed by atoms with van der Waals surface area (Å²) in [6.07, 6.45) is -0.617. The molecule has 1 N–H and O–H groups in total. The number of anilines is 1. The minimum atomic E-state index is -0.617. The molecule has 0 bridgehead atoms. The average Bonchev–Trinajstić information content (AvgIpc) is 3.15. The second-order valence-electron chi connectivity index (χ2n) is 7.06. The number of hydrogen-bond acceptors (Lipinski definition) is 4. The van der Waals surface area contributed by atoms with E-state index in [1.54, 1.807) is 6.92 Å². The van der Waals surface area contributed by atoms with E-state index in [1.807, 2.05) is 80.6 Å². The predicted molar refractivity (Wildman–Crippen MR) is 114 cm³/mol. The molecule has 0 saturated heterocycles. The van der Waals surface area contributed by atoms with Gasteiger partial charge in [-0.1, -0.05) is 18.2 Å². The number of benzene rings is 3. The van der Waals surface area contributed by atoms with E-state index >= 15 is 0 Å². The van der Waals surface area contributed by atoms with Crippen molar-refractivity contribution >= 4 is 22.7 Å². The molecule has 0 spiro atoms. The smallest absolute Gasteiger partial charge is 0.265 e. The van der Waals surface area contributed by atoms with Crippen LogP contribution in [0.25, 0.3) is 22.6 Å². The first-order chi connectivity index (χ1) is 14.0. The molecule has 1 amide bonds. The van der Waals surface area contributed by atoms with Gasteiger partial charge in [0.1, 0.15) is 11.3 Å². The molecule has 0 radical (unpaired) electrons. The van der Waals surface area contributed by atoms with Crippen molar-refractivity contribution in [2.45, 2.75) is 26.9 Å². The van der Waals surface area contributed by atoms with Crippen molar-refractivity contribution in [1.82, 2.24) is 4.98 Å². The lowest BCUT2D eigenvalue weighted by Crippen LogP contribution is -2.30. The van der Waals surface area contributed by atoms with Crippen molar-refractivity contribution in [3.8, 4) is 17.2 Å². The van der Waals surface area contributed by atoms with Gasteiger partial charge in [-0.05, 0) is 80.4 Å². The Labute approximate surface area is 169 Å². The maximum absolute atomic E-state index is 12.5. The summed E-state index contributed by atoms with van der Waals surface area (Å²) in [5, 5.41) is 2.88. The number of oxazole rings is 1. The van der Waals surface area contributed by atoms with Gasteiger partial charge in [0.15, 0.2) is 11.7 Å². The molecule has 146 valence electrons. The number of nitrogens with zero attached hydrogens (tertiary/aromatic N) is 1. The number of aromatic nitrogens is 1. The monoisotopic (exact) mass is 386 g/mol. The minimum Gasteiger partial charge on any atom is -0.481 e. The Morgan fingerprint density at radius 1 is 1.00 bits per heavy atom. The van der Waals surface area contributed by atoms with Crippen molar-refractivity contribution < 1.29 is 13.9 Å². The van der Waals surface area contributed by atoms with Crippen LogP contribution in [0.5, 0.6) is 5.75 Å². The molecule has 0 aliphatic carbocycles. The molecule has 5 nitrogen and oxygen atoms in total. The van der Waals surface area contributed by atoms with Crippen LogP contribution in [0.1, 0.15) is 18.1 Å².